The van der Waals surface area contributed by atoms with Gasteiger partial charge in [0.2, 0.25) is 10.0 Å². The van der Waals surface area contributed by atoms with Crippen LogP contribution in [0.5, 0.6) is 0 Å². The Morgan fingerprint density at radius 1 is 1.11 bits per heavy atom. The number of sulfonamides is 1. The molecule has 0 aliphatic carbocycles. The van der Waals surface area contributed by atoms with Crippen LogP contribution in [0.1, 0.15) is 42.1 Å². The Bertz CT molecular complexity index is 874. The van der Waals surface area contributed by atoms with Crippen molar-refractivity contribution in [2.75, 3.05) is 26.2 Å². The van der Waals surface area contributed by atoms with Gasteiger partial charge in [0.15, 0.2) is 0 Å². The van der Waals surface area contributed by atoms with Gasteiger partial charge >= 0.3 is 0 Å². The molecule has 3 rings (SSSR count). The van der Waals surface area contributed by atoms with Gasteiger partial charge in [-0.25, -0.2) is 8.42 Å². The third-order valence-corrected chi connectivity index (χ3v) is 7.05. The van der Waals surface area contributed by atoms with Gasteiger partial charge in [-0.15, -0.1) is 0 Å². The fourth-order valence-electron chi connectivity index (χ4n) is 3.16. The third-order valence-electron chi connectivity index (χ3n) is 5.13. The van der Waals surface area contributed by atoms with Crippen LogP contribution >= 0.6 is 0 Å². The largest absolute Gasteiger partial charge is 0.336 e. The maximum absolute atomic E-state index is 12.9. The van der Waals surface area contributed by atoms with Crippen molar-refractivity contribution in [1.82, 2.24) is 14.2 Å². The normalized spacial score (nSPS) is 16.9. The van der Waals surface area contributed by atoms with E-state index < -0.39 is 10.0 Å². The molecule has 0 radical (unpaired) electrons. The molecular weight excluding hydrogens is 362 g/mol. The van der Waals surface area contributed by atoms with Crippen molar-refractivity contribution in [3.8, 4) is 0 Å². The van der Waals surface area contributed by atoms with Gasteiger partial charge in [0.25, 0.3) is 5.91 Å². The number of piperazine rings is 1. The van der Waals surface area contributed by atoms with E-state index in [2.05, 4.69) is 18.8 Å². The molecule has 1 saturated heterocycles. The zero-order valence-corrected chi connectivity index (χ0v) is 16.5. The SMILES string of the molecule is CC[C@@H](C)c1ccc(S(=O)(=O)N2CCN(C(=O)c3cccnc3)CC2)cc1. The number of benzene rings is 1. The molecule has 0 spiro atoms. The first kappa shape index (κ1) is 19.5. The first-order chi connectivity index (χ1) is 12.9. The lowest BCUT2D eigenvalue weighted by molar-refractivity contribution is 0.0697. The van der Waals surface area contributed by atoms with E-state index in [0.717, 1.165) is 12.0 Å². The van der Waals surface area contributed by atoms with Crippen LogP contribution in [0.3, 0.4) is 0 Å². The number of carbonyl (C=O) groups is 1. The Hall–Kier alpha value is -2.25. The van der Waals surface area contributed by atoms with Crippen LogP contribution in [0.4, 0.5) is 0 Å². The second kappa shape index (κ2) is 8.19. The van der Waals surface area contributed by atoms with Crippen molar-refractivity contribution in [1.29, 1.82) is 0 Å². The fraction of sp³-hybridized carbons (Fsp3) is 0.400. The summed E-state index contributed by atoms with van der Waals surface area (Å²) in [7, 11) is -3.54. The van der Waals surface area contributed by atoms with E-state index >= 15 is 0 Å². The second-order valence-electron chi connectivity index (χ2n) is 6.82. The van der Waals surface area contributed by atoms with E-state index in [1.54, 1.807) is 35.4 Å². The summed E-state index contributed by atoms with van der Waals surface area (Å²) in [6, 6.07) is 10.6. The minimum absolute atomic E-state index is 0.113. The van der Waals surface area contributed by atoms with E-state index in [-0.39, 0.29) is 5.91 Å². The molecule has 1 atom stereocenters. The molecule has 2 heterocycles. The van der Waals surface area contributed by atoms with Crippen molar-refractivity contribution in [3.05, 3.63) is 59.9 Å². The van der Waals surface area contributed by atoms with Crippen LogP contribution in [-0.4, -0.2) is 54.7 Å². The lowest BCUT2D eigenvalue weighted by Gasteiger charge is -2.34. The number of carbonyl (C=O) groups excluding carboxylic acids is 1. The summed E-state index contributed by atoms with van der Waals surface area (Å²) in [5, 5.41) is 0. The number of hydrogen-bond donors (Lipinski definition) is 0. The van der Waals surface area contributed by atoms with Crippen LogP contribution in [-0.2, 0) is 10.0 Å². The minimum atomic E-state index is -3.54. The summed E-state index contributed by atoms with van der Waals surface area (Å²) in [4.78, 5) is 18.4. The summed E-state index contributed by atoms with van der Waals surface area (Å²) in [6.45, 7) is 5.57. The van der Waals surface area contributed by atoms with E-state index in [0.29, 0.717) is 42.6 Å². The van der Waals surface area contributed by atoms with Crippen molar-refractivity contribution in [2.45, 2.75) is 31.1 Å². The molecule has 144 valence electrons. The lowest BCUT2D eigenvalue weighted by Crippen LogP contribution is -2.50. The molecule has 0 unspecified atom stereocenters. The summed E-state index contributed by atoms with van der Waals surface area (Å²) in [5.41, 5.74) is 1.66. The molecule has 6 nitrogen and oxygen atoms in total. The quantitative estimate of drug-likeness (QED) is 0.791. The van der Waals surface area contributed by atoms with Crippen LogP contribution < -0.4 is 0 Å². The molecule has 1 aliphatic heterocycles. The maximum Gasteiger partial charge on any atom is 0.255 e. The molecule has 1 aromatic carbocycles. The molecule has 0 N–H and O–H groups in total. The topological polar surface area (TPSA) is 70.6 Å². The first-order valence-corrected chi connectivity index (χ1v) is 10.7. The predicted molar refractivity (Wildman–Crippen MR) is 104 cm³/mol. The van der Waals surface area contributed by atoms with Gasteiger partial charge in [-0.05, 0) is 42.2 Å². The highest BCUT2D eigenvalue weighted by atomic mass is 32.2. The highest BCUT2D eigenvalue weighted by Crippen LogP contribution is 2.23. The average Bonchev–Trinajstić information content (AvgIpc) is 2.73. The number of rotatable bonds is 5. The van der Waals surface area contributed by atoms with Crippen molar-refractivity contribution >= 4 is 15.9 Å². The Morgan fingerprint density at radius 2 is 1.78 bits per heavy atom. The number of nitrogens with zero attached hydrogens (tertiary/aromatic N) is 3. The molecule has 1 fully saturated rings. The molecule has 1 aromatic heterocycles. The molecule has 1 amide bonds. The second-order valence-corrected chi connectivity index (χ2v) is 8.75. The zero-order chi connectivity index (χ0) is 19.4. The Labute approximate surface area is 160 Å². The van der Waals surface area contributed by atoms with Gasteiger partial charge in [0.1, 0.15) is 0 Å². The first-order valence-electron chi connectivity index (χ1n) is 9.23. The summed E-state index contributed by atoms with van der Waals surface area (Å²) < 4.78 is 27.3. The van der Waals surface area contributed by atoms with Crippen LogP contribution in [0, 0.1) is 0 Å². The monoisotopic (exact) mass is 387 g/mol. The molecule has 0 saturated carbocycles. The number of hydrogen-bond acceptors (Lipinski definition) is 4. The van der Waals surface area contributed by atoms with E-state index in [1.807, 2.05) is 12.1 Å². The summed E-state index contributed by atoms with van der Waals surface area (Å²) >= 11 is 0. The van der Waals surface area contributed by atoms with Crippen molar-refractivity contribution in [3.63, 3.8) is 0 Å². The fourth-order valence-corrected chi connectivity index (χ4v) is 4.58. The van der Waals surface area contributed by atoms with E-state index in [4.69, 9.17) is 0 Å². The Morgan fingerprint density at radius 3 is 2.33 bits per heavy atom. The number of pyridine rings is 1. The molecule has 27 heavy (non-hydrogen) atoms. The summed E-state index contributed by atoms with van der Waals surface area (Å²) in [5.74, 6) is 0.293. The van der Waals surface area contributed by atoms with Gasteiger partial charge in [-0.1, -0.05) is 26.0 Å². The van der Waals surface area contributed by atoms with Gasteiger partial charge in [-0.3, -0.25) is 9.78 Å². The minimum Gasteiger partial charge on any atom is -0.336 e. The van der Waals surface area contributed by atoms with Crippen LogP contribution in [0.2, 0.25) is 0 Å². The Kier molecular flexibility index (Phi) is 5.92. The molecular formula is C20H25N3O3S. The van der Waals surface area contributed by atoms with Gasteiger partial charge in [-0.2, -0.15) is 4.31 Å². The maximum atomic E-state index is 12.9. The van der Waals surface area contributed by atoms with Gasteiger partial charge in [0, 0.05) is 38.6 Å². The molecule has 0 bridgehead atoms. The highest BCUT2D eigenvalue weighted by molar-refractivity contribution is 7.89. The Balaban J connectivity index is 1.67. The average molecular weight is 388 g/mol. The van der Waals surface area contributed by atoms with Gasteiger partial charge in [0.05, 0.1) is 10.5 Å². The number of aromatic nitrogens is 1. The predicted octanol–water partition coefficient (Wildman–Crippen LogP) is 2.74. The number of amides is 1. The van der Waals surface area contributed by atoms with Crippen molar-refractivity contribution in [2.24, 2.45) is 0 Å². The molecule has 2 aromatic rings. The van der Waals surface area contributed by atoms with Crippen LogP contribution in [0.15, 0.2) is 53.7 Å². The third kappa shape index (κ3) is 4.20. The molecule has 7 heteroatoms. The molecule has 1 aliphatic rings. The van der Waals surface area contributed by atoms with Crippen molar-refractivity contribution < 1.29 is 13.2 Å². The standard InChI is InChI=1S/C20H25N3O3S/c1-3-16(2)17-6-8-19(9-7-17)27(25,26)23-13-11-22(12-14-23)20(24)18-5-4-10-21-15-18/h4-10,15-16H,3,11-14H2,1-2H3/t16-/m1/s1. The zero-order valence-electron chi connectivity index (χ0n) is 15.7. The van der Waals surface area contributed by atoms with Crippen LogP contribution in [0.25, 0.3) is 0 Å². The van der Waals surface area contributed by atoms with E-state index in [1.165, 1.54) is 10.5 Å². The lowest BCUT2D eigenvalue weighted by atomic mass is 9.99. The van der Waals surface area contributed by atoms with E-state index in [9.17, 15) is 13.2 Å². The highest BCUT2D eigenvalue weighted by Gasteiger charge is 2.30. The summed E-state index contributed by atoms with van der Waals surface area (Å²) in [6.07, 6.45) is 4.16. The van der Waals surface area contributed by atoms with Gasteiger partial charge < -0.3 is 4.90 Å². The smallest absolute Gasteiger partial charge is 0.255 e.